The Hall–Kier alpha value is -1.28. The Labute approximate surface area is 186 Å². The van der Waals surface area contributed by atoms with Crippen molar-refractivity contribution < 1.29 is 0 Å². The van der Waals surface area contributed by atoms with Crippen molar-refractivity contribution >= 4 is 40.8 Å². The maximum Gasteiger partial charge on any atom is 0.191 e. The summed E-state index contributed by atoms with van der Waals surface area (Å²) in [7, 11) is 1.87. The Morgan fingerprint density at radius 3 is 2.75 bits per heavy atom. The Bertz CT molecular complexity index is 719. The number of nitrogens with one attached hydrogen (secondary N) is 3. The number of aromatic nitrogens is 1. The molecule has 28 heavy (non-hydrogen) atoms. The van der Waals surface area contributed by atoms with Crippen LogP contribution >= 0.6 is 24.0 Å². The number of likely N-dealkylation sites (tertiary alicyclic amines) is 1. The summed E-state index contributed by atoms with van der Waals surface area (Å²) < 4.78 is 0. The lowest BCUT2D eigenvalue weighted by Gasteiger charge is -2.33. The first-order valence-electron chi connectivity index (χ1n) is 10.5. The molecule has 5 nitrogen and oxygen atoms in total. The SMILES string of the molecule is CCCCN1CCC(NC(=NC)NCCCc2c[nH]c3ccccc23)CC1.I. The van der Waals surface area contributed by atoms with Gasteiger partial charge in [0.1, 0.15) is 0 Å². The number of aromatic amines is 1. The van der Waals surface area contributed by atoms with Gasteiger partial charge in [0, 0.05) is 49.8 Å². The summed E-state index contributed by atoms with van der Waals surface area (Å²) in [6.45, 7) is 6.87. The highest BCUT2D eigenvalue weighted by molar-refractivity contribution is 14.0. The van der Waals surface area contributed by atoms with Crippen LogP contribution in [0.5, 0.6) is 0 Å². The summed E-state index contributed by atoms with van der Waals surface area (Å²) >= 11 is 0. The second kappa shape index (κ2) is 12.3. The van der Waals surface area contributed by atoms with E-state index in [1.807, 2.05) is 7.05 Å². The average Bonchev–Trinajstić information content (AvgIpc) is 3.13. The molecule has 1 aliphatic rings. The minimum absolute atomic E-state index is 0. The van der Waals surface area contributed by atoms with Gasteiger partial charge in [0.2, 0.25) is 0 Å². The largest absolute Gasteiger partial charge is 0.361 e. The number of H-pyrrole nitrogens is 1. The number of piperidine rings is 1. The summed E-state index contributed by atoms with van der Waals surface area (Å²) in [5.74, 6) is 0.945. The number of aliphatic imine (C=N–C) groups is 1. The quantitative estimate of drug-likeness (QED) is 0.222. The standard InChI is InChI=1S/C22H35N5.HI/c1-3-4-14-27-15-11-19(12-16-27)26-22(23-2)24-13-7-8-18-17-25-21-10-6-5-9-20(18)21;/h5-6,9-10,17,19,25H,3-4,7-8,11-16H2,1-2H3,(H2,23,24,26);1H. The number of rotatable bonds is 8. The molecule has 0 amide bonds. The van der Waals surface area contributed by atoms with E-state index >= 15 is 0 Å². The van der Waals surface area contributed by atoms with E-state index in [9.17, 15) is 0 Å². The van der Waals surface area contributed by atoms with E-state index in [0.29, 0.717) is 6.04 Å². The molecule has 156 valence electrons. The highest BCUT2D eigenvalue weighted by Crippen LogP contribution is 2.18. The lowest BCUT2D eigenvalue weighted by atomic mass is 10.0. The Morgan fingerprint density at radius 1 is 1.21 bits per heavy atom. The molecule has 1 aromatic carbocycles. The number of halogens is 1. The monoisotopic (exact) mass is 497 g/mol. The van der Waals surface area contributed by atoms with Gasteiger partial charge in [0.05, 0.1) is 0 Å². The fourth-order valence-corrected chi connectivity index (χ4v) is 3.89. The highest BCUT2D eigenvalue weighted by Gasteiger charge is 2.19. The zero-order valence-corrected chi connectivity index (χ0v) is 19.7. The topological polar surface area (TPSA) is 55.4 Å². The summed E-state index contributed by atoms with van der Waals surface area (Å²) in [6.07, 6.45) is 9.33. The van der Waals surface area contributed by atoms with Gasteiger partial charge in [-0.15, -0.1) is 24.0 Å². The molecule has 1 fully saturated rings. The van der Waals surface area contributed by atoms with E-state index < -0.39 is 0 Å². The van der Waals surface area contributed by atoms with Gasteiger partial charge in [0.15, 0.2) is 5.96 Å². The van der Waals surface area contributed by atoms with E-state index in [0.717, 1.165) is 25.3 Å². The summed E-state index contributed by atoms with van der Waals surface area (Å²) in [5.41, 5.74) is 2.62. The number of hydrogen-bond acceptors (Lipinski definition) is 2. The van der Waals surface area contributed by atoms with E-state index in [-0.39, 0.29) is 24.0 Å². The molecule has 1 aromatic heterocycles. The number of guanidine groups is 1. The molecule has 3 N–H and O–H groups in total. The molecule has 1 aliphatic heterocycles. The number of hydrogen-bond donors (Lipinski definition) is 3. The van der Waals surface area contributed by atoms with Crippen molar-refractivity contribution in [1.82, 2.24) is 20.5 Å². The van der Waals surface area contributed by atoms with Gasteiger partial charge in [-0.3, -0.25) is 4.99 Å². The number of aryl methyl sites for hydroxylation is 1. The Balaban J connectivity index is 0.00000280. The minimum atomic E-state index is 0. The first-order valence-corrected chi connectivity index (χ1v) is 10.5. The van der Waals surface area contributed by atoms with Crippen molar-refractivity contribution in [1.29, 1.82) is 0 Å². The number of para-hydroxylation sites is 1. The molecular weight excluding hydrogens is 461 g/mol. The molecule has 0 unspecified atom stereocenters. The molecule has 2 heterocycles. The van der Waals surface area contributed by atoms with Gasteiger partial charge in [-0.2, -0.15) is 0 Å². The number of benzene rings is 1. The fourth-order valence-electron chi connectivity index (χ4n) is 3.89. The summed E-state index contributed by atoms with van der Waals surface area (Å²) in [6, 6.07) is 9.06. The van der Waals surface area contributed by atoms with Gasteiger partial charge < -0.3 is 20.5 Å². The van der Waals surface area contributed by atoms with E-state index in [2.05, 4.69) is 62.9 Å². The third kappa shape index (κ3) is 6.65. The first kappa shape index (κ1) is 23.0. The minimum Gasteiger partial charge on any atom is -0.361 e. The van der Waals surface area contributed by atoms with Crippen molar-refractivity contribution in [3.63, 3.8) is 0 Å². The van der Waals surface area contributed by atoms with E-state index in [1.165, 1.54) is 61.8 Å². The summed E-state index contributed by atoms with van der Waals surface area (Å²) in [4.78, 5) is 10.4. The van der Waals surface area contributed by atoms with E-state index in [1.54, 1.807) is 0 Å². The van der Waals surface area contributed by atoms with Crippen LogP contribution in [0.3, 0.4) is 0 Å². The zero-order chi connectivity index (χ0) is 18.9. The van der Waals surface area contributed by atoms with Gasteiger partial charge in [0.25, 0.3) is 0 Å². The smallest absolute Gasteiger partial charge is 0.191 e. The third-order valence-electron chi connectivity index (χ3n) is 5.57. The van der Waals surface area contributed by atoms with Gasteiger partial charge >= 0.3 is 0 Å². The number of unbranched alkanes of at least 4 members (excludes halogenated alkanes) is 1. The summed E-state index contributed by atoms with van der Waals surface area (Å²) in [5, 5.41) is 8.44. The predicted octanol–water partition coefficient (Wildman–Crippen LogP) is 4.15. The molecule has 1 saturated heterocycles. The molecular formula is C22H36IN5. The van der Waals surface area contributed by atoms with Crippen LogP contribution in [0.2, 0.25) is 0 Å². The predicted molar refractivity (Wildman–Crippen MR) is 131 cm³/mol. The van der Waals surface area contributed by atoms with Crippen LogP contribution in [-0.4, -0.2) is 55.1 Å². The lowest BCUT2D eigenvalue weighted by Crippen LogP contribution is -2.48. The van der Waals surface area contributed by atoms with Crippen molar-refractivity contribution in [2.45, 2.75) is 51.5 Å². The molecule has 3 rings (SSSR count). The molecule has 0 bridgehead atoms. The molecule has 0 radical (unpaired) electrons. The molecule has 0 saturated carbocycles. The van der Waals surface area contributed by atoms with Gasteiger partial charge in [-0.25, -0.2) is 0 Å². The molecule has 0 aliphatic carbocycles. The van der Waals surface area contributed by atoms with Gasteiger partial charge in [-0.1, -0.05) is 31.5 Å². The normalized spacial score (nSPS) is 16.1. The fraction of sp³-hybridized carbons (Fsp3) is 0.591. The molecule has 6 heteroatoms. The lowest BCUT2D eigenvalue weighted by molar-refractivity contribution is 0.203. The van der Waals surface area contributed by atoms with Crippen LogP contribution in [0.4, 0.5) is 0 Å². The second-order valence-corrected chi connectivity index (χ2v) is 7.58. The van der Waals surface area contributed by atoms with Crippen LogP contribution in [-0.2, 0) is 6.42 Å². The molecule has 0 spiro atoms. The van der Waals surface area contributed by atoms with E-state index in [4.69, 9.17) is 0 Å². The number of fused-ring (bicyclic) bond motifs is 1. The Kier molecular flexibility index (Phi) is 10.1. The van der Waals surface area contributed by atoms with Crippen molar-refractivity contribution in [2.75, 3.05) is 33.2 Å². The van der Waals surface area contributed by atoms with Crippen LogP contribution in [0.1, 0.15) is 44.6 Å². The third-order valence-corrected chi connectivity index (χ3v) is 5.57. The number of nitrogens with zero attached hydrogens (tertiary/aromatic N) is 2. The first-order chi connectivity index (χ1) is 13.3. The van der Waals surface area contributed by atoms with Crippen LogP contribution in [0, 0.1) is 0 Å². The van der Waals surface area contributed by atoms with Crippen LogP contribution < -0.4 is 10.6 Å². The van der Waals surface area contributed by atoms with Crippen LogP contribution in [0.15, 0.2) is 35.5 Å². The van der Waals surface area contributed by atoms with Crippen molar-refractivity contribution in [3.05, 3.63) is 36.0 Å². The highest BCUT2D eigenvalue weighted by atomic mass is 127. The molecule has 2 aromatic rings. The van der Waals surface area contributed by atoms with Crippen molar-refractivity contribution in [2.24, 2.45) is 4.99 Å². The molecule has 0 atom stereocenters. The Morgan fingerprint density at radius 2 is 2.00 bits per heavy atom. The van der Waals surface area contributed by atoms with Gasteiger partial charge in [-0.05, 0) is 50.3 Å². The maximum atomic E-state index is 4.41. The zero-order valence-electron chi connectivity index (χ0n) is 17.3. The van der Waals surface area contributed by atoms with Crippen LogP contribution in [0.25, 0.3) is 10.9 Å². The average molecular weight is 497 g/mol. The second-order valence-electron chi connectivity index (χ2n) is 7.58. The van der Waals surface area contributed by atoms with Crippen molar-refractivity contribution in [3.8, 4) is 0 Å². The maximum absolute atomic E-state index is 4.41.